The van der Waals surface area contributed by atoms with Crippen molar-refractivity contribution in [3.63, 3.8) is 0 Å². The monoisotopic (exact) mass is 735 g/mol. The molecule has 0 saturated carbocycles. The van der Waals surface area contributed by atoms with E-state index in [0.717, 1.165) is 49.0 Å². The molecule has 3 N–H and O–H groups in total. The van der Waals surface area contributed by atoms with Crippen LogP contribution in [0.15, 0.2) is 137 Å². The molecule has 0 radical (unpaired) electrons. The zero-order chi connectivity index (χ0) is 36.6. The molecule has 268 valence electrons. The van der Waals surface area contributed by atoms with Crippen LogP contribution < -0.4 is 14.9 Å². The van der Waals surface area contributed by atoms with Gasteiger partial charge in [-0.25, -0.2) is 8.42 Å². The molecule has 1 heterocycles. The first-order valence-corrected chi connectivity index (χ1v) is 19.5. The minimum Gasteiger partial charge on any atom is -0.379 e. The van der Waals surface area contributed by atoms with E-state index in [1.807, 2.05) is 48.5 Å². The van der Waals surface area contributed by atoms with Crippen molar-refractivity contribution in [3.05, 3.63) is 149 Å². The average molecular weight is 736 g/mol. The number of hydrogen-bond donors (Lipinski definition) is 3. The van der Waals surface area contributed by atoms with Crippen LogP contribution in [0.3, 0.4) is 0 Å². The van der Waals surface area contributed by atoms with Gasteiger partial charge in [-0.05, 0) is 78.1 Å². The van der Waals surface area contributed by atoms with Crippen LogP contribution in [-0.4, -0.2) is 57.3 Å². The summed E-state index contributed by atoms with van der Waals surface area (Å²) in [5, 5.41) is 23.4. The van der Waals surface area contributed by atoms with Gasteiger partial charge in [0.25, 0.3) is 15.7 Å². The van der Waals surface area contributed by atoms with Gasteiger partial charge in [0.2, 0.25) is 0 Å². The van der Waals surface area contributed by atoms with Crippen molar-refractivity contribution in [2.24, 2.45) is 0 Å². The number of piperidine rings is 1. The van der Waals surface area contributed by atoms with Gasteiger partial charge in [-0.2, -0.15) is 0 Å². The zero-order valence-corrected chi connectivity index (χ0v) is 30.5. The third kappa shape index (κ3) is 8.82. The van der Waals surface area contributed by atoms with Crippen molar-refractivity contribution < 1.29 is 18.1 Å². The van der Waals surface area contributed by atoms with E-state index in [9.17, 15) is 18.5 Å². The molecule has 10 nitrogen and oxygen atoms in total. The highest BCUT2D eigenvalue weighted by Crippen LogP contribution is 2.35. The van der Waals surface area contributed by atoms with Crippen LogP contribution in [0.1, 0.15) is 24.0 Å². The zero-order valence-electron chi connectivity index (χ0n) is 28.8. The predicted octanol–water partition coefficient (Wildman–Crippen LogP) is 8.00. The number of nitrogens with zero attached hydrogens (tertiary/aromatic N) is 2. The van der Waals surface area contributed by atoms with Gasteiger partial charge in [0, 0.05) is 61.1 Å². The fraction of sp³-hybridized carbons (Fsp3) is 0.225. The van der Waals surface area contributed by atoms with Crippen molar-refractivity contribution in [2.75, 3.05) is 42.7 Å². The largest absolute Gasteiger partial charge is 0.379 e. The van der Waals surface area contributed by atoms with E-state index in [-0.39, 0.29) is 27.7 Å². The molecule has 6 rings (SSSR count). The number of benzene rings is 5. The first kappa shape index (κ1) is 36.6. The number of thioether (sulfide) groups is 1. The molecule has 1 saturated heterocycles. The summed E-state index contributed by atoms with van der Waals surface area (Å²) < 4.78 is 34.9. The topological polar surface area (TPSA) is 138 Å². The van der Waals surface area contributed by atoms with Crippen LogP contribution in [-0.2, 0) is 21.2 Å². The van der Waals surface area contributed by atoms with E-state index in [4.69, 9.17) is 10.1 Å². The highest BCUT2D eigenvalue weighted by Gasteiger charge is 2.35. The van der Waals surface area contributed by atoms with E-state index < -0.39 is 14.9 Å². The van der Waals surface area contributed by atoms with Gasteiger partial charge in [-0.15, -0.1) is 11.8 Å². The molecule has 0 spiro atoms. The lowest BCUT2D eigenvalue weighted by Gasteiger charge is -2.42. The summed E-state index contributed by atoms with van der Waals surface area (Å²) in [5.74, 6) is 0.331. The normalized spacial score (nSPS) is 14.1. The van der Waals surface area contributed by atoms with Crippen LogP contribution in [0.5, 0.6) is 0 Å². The van der Waals surface area contributed by atoms with Gasteiger partial charge >= 0.3 is 0 Å². The molecule has 5 aromatic rings. The van der Waals surface area contributed by atoms with Crippen molar-refractivity contribution in [1.82, 2.24) is 4.72 Å². The van der Waals surface area contributed by atoms with Crippen molar-refractivity contribution in [3.8, 4) is 11.1 Å². The molecule has 0 amide bonds. The average Bonchev–Trinajstić information content (AvgIpc) is 3.17. The lowest BCUT2D eigenvalue weighted by molar-refractivity contribution is -0.384. The molecule has 0 unspecified atom stereocenters. The van der Waals surface area contributed by atoms with Crippen LogP contribution in [0.25, 0.3) is 11.1 Å². The molecule has 0 bridgehead atoms. The van der Waals surface area contributed by atoms with Gasteiger partial charge in [-0.3, -0.25) is 20.2 Å². The number of nitrogens with one attached hydrogen (secondary N) is 3. The summed E-state index contributed by atoms with van der Waals surface area (Å²) in [7, 11) is -2.48. The SMILES string of the molecule is COC1(Cc2ccccc2-c2ccccc2)CCN(c2ccc(C(=N)NS(=O)(=O)c3ccc(NCCSc4ccccc4)c([N+](=O)[O-])c3)cc2)CC1. The summed E-state index contributed by atoms with van der Waals surface area (Å²) >= 11 is 1.61. The van der Waals surface area contributed by atoms with Crippen LogP contribution in [0, 0.1) is 15.5 Å². The lowest BCUT2D eigenvalue weighted by Crippen LogP contribution is -2.47. The van der Waals surface area contributed by atoms with Gasteiger partial charge in [-0.1, -0.05) is 72.8 Å². The first-order chi connectivity index (χ1) is 25.2. The molecule has 5 aromatic carbocycles. The Balaban J connectivity index is 1.06. The van der Waals surface area contributed by atoms with E-state index in [2.05, 4.69) is 63.5 Å². The lowest BCUT2D eigenvalue weighted by atomic mass is 9.82. The fourth-order valence-corrected chi connectivity index (χ4v) is 8.30. The number of nitro benzene ring substituents is 1. The molecule has 0 atom stereocenters. The van der Waals surface area contributed by atoms with Crippen LogP contribution in [0.4, 0.5) is 17.1 Å². The molecular weight excluding hydrogens is 695 g/mol. The van der Waals surface area contributed by atoms with E-state index >= 15 is 0 Å². The molecule has 0 aromatic heterocycles. The second-order valence-corrected chi connectivity index (χ2v) is 15.5. The van der Waals surface area contributed by atoms with E-state index in [1.165, 1.54) is 28.8 Å². The number of ether oxygens (including phenoxy) is 1. The molecule has 1 aliphatic rings. The van der Waals surface area contributed by atoms with Gasteiger partial charge in [0.05, 0.1) is 15.4 Å². The summed E-state index contributed by atoms with van der Waals surface area (Å²) in [6, 6.07) is 39.5. The quantitative estimate of drug-likeness (QED) is 0.0261. The maximum absolute atomic E-state index is 13.2. The number of amidine groups is 1. The summed E-state index contributed by atoms with van der Waals surface area (Å²) in [6.45, 7) is 2.00. The Bertz CT molecular complexity index is 2110. The van der Waals surface area contributed by atoms with Gasteiger partial charge in [0.1, 0.15) is 11.5 Å². The Morgan fingerprint density at radius 2 is 1.56 bits per heavy atom. The molecular formula is C40H41N5O5S2. The molecule has 12 heteroatoms. The second kappa shape index (κ2) is 16.4. The van der Waals surface area contributed by atoms with Crippen molar-refractivity contribution in [1.29, 1.82) is 5.41 Å². The number of anilines is 2. The fourth-order valence-electron chi connectivity index (χ4n) is 6.49. The first-order valence-electron chi connectivity index (χ1n) is 17.0. The second-order valence-electron chi connectivity index (χ2n) is 12.6. The number of sulfonamides is 1. The number of methoxy groups -OCH3 is 1. The van der Waals surface area contributed by atoms with Crippen molar-refractivity contribution in [2.45, 2.75) is 34.7 Å². The van der Waals surface area contributed by atoms with E-state index in [0.29, 0.717) is 17.9 Å². The summed E-state index contributed by atoms with van der Waals surface area (Å²) in [4.78, 5) is 14.3. The van der Waals surface area contributed by atoms with Gasteiger partial charge < -0.3 is 15.0 Å². The smallest absolute Gasteiger partial charge is 0.293 e. The highest BCUT2D eigenvalue weighted by atomic mass is 32.2. The molecule has 52 heavy (non-hydrogen) atoms. The maximum Gasteiger partial charge on any atom is 0.293 e. The minimum absolute atomic E-state index is 0.223. The van der Waals surface area contributed by atoms with Gasteiger partial charge in [0.15, 0.2) is 0 Å². The van der Waals surface area contributed by atoms with Crippen molar-refractivity contribution >= 4 is 44.7 Å². The third-order valence-electron chi connectivity index (χ3n) is 9.39. The predicted molar refractivity (Wildman–Crippen MR) is 209 cm³/mol. The molecule has 0 aliphatic carbocycles. The minimum atomic E-state index is -4.27. The Kier molecular flexibility index (Phi) is 11.6. The summed E-state index contributed by atoms with van der Waals surface area (Å²) in [5.41, 5.74) is 4.56. The molecule has 1 fully saturated rings. The Morgan fingerprint density at radius 3 is 2.23 bits per heavy atom. The molecule has 1 aliphatic heterocycles. The number of hydrogen-bond acceptors (Lipinski definition) is 9. The Hall–Kier alpha value is -5.17. The highest BCUT2D eigenvalue weighted by molar-refractivity contribution is 7.99. The van der Waals surface area contributed by atoms with E-state index in [1.54, 1.807) is 31.0 Å². The van der Waals surface area contributed by atoms with Crippen LogP contribution >= 0.6 is 11.8 Å². The summed E-state index contributed by atoms with van der Waals surface area (Å²) in [6.07, 6.45) is 2.46. The Morgan fingerprint density at radius 1 is 0.904 bits per heavy atom. The van der Waals surface area contributed by atoms with Crippen LogP contribution in [0.2, 0.25) is 0 Å². The Labute approximate surface area is 308 Å². The maximum atomic E-state index is 13.2. The number of rotatable bonds is 14. The standard InChI is InChI=1S/C40H41N5O5S2/c1-50-40(29-32-12-8-9-15-36(32)30-10-4-2-5-11-30)22-25-44(26-23-40)33-18-16-31(17-19-33)39(41)43-52(48,49)35-20-21-37(38(28-35)45(46)47)42-24-27-51-34-13-6-3-7-14-34/h2-21,28,42H,22-27,29H2,1H3,(H2,41,43). The third-order valence-corrected chi connectivity index (χ3v) is 11.7. The number of nitro groups is 1.